The van der Waals surface area contributed by atoms with Gasteiger partial charge in [-0.05, 0) is 52.6 Å². The molecule has 3 unspecified atom stereocenters. The van der Waals surface area contributed by atoms with Gasteiger partial charge < -0.3 is 14.4 Å². The van der Waals surface area contributed by atoms with E-state index >= 15 is 0 Å². The molecule has 220 valence electrons. The maximum atomic E-state index is 13.1. The standard InChI is InChI=1S/C28H49N3O5.C2H6/c1-5-7-9-11-12-14-16-23(15-13-10-8-6-2)36-27(33)22-31-25(32)19-20-30(28(31)34)26-18-17-24(35-26)21-29(3)4;1-2/h19-20,23-24,26H,5-18,21-22H2,1-4H3;1-2H3. The number of hydrogen-bond acceptors (Lipinski definition) is 6. The van der Waals surface area contributed by atoms with Crippen LogP contribution in [0.15, 0.2) is 21.9 Å². The summed E-state index contributed by atoms with van der Waals surface area (Å²) < 4.78 is 14.3. The molecule has 1 aromatic rings. The molecule has 0 aromatic carbocycles. The highest BCUT2D eigenvalue weighted by molar-refractivity contribution is 5.69. The number of rotatable bonds is 18. The van der Waals surface area contributed by atoms with Crippen LogP contribution in [0.25, 0.3) is 0 Å². The van der Waals surface area contributed by atoms with Crippen molar-refractivity contribution in [3.8, 4) is 0 Å². The van der Waals surface area contributed by atoms with Gasteiger partial charge in [-0.2, -0.15) is 0 Å². The minimum Gasteiger partial charge on any atom is -0.461 e. The fourth-order valence-electron chi connectivity index (χ4n) is 4.89. The van der Waals surface area contributed by atoms with Crippen LogP contribution in [0.3, 0.4) is 0 Å². The molecule has 8 heteroatoms. The molecule has 8 nitrogen and oxygen atoms in total. The summed E-state index contributed by atoms with van der Waals surface area (Å²) in [6.07, 6.45) is 15.7. The summed E-state index contributed by atoms with van der Waals surface area (Å²) in [5, 5.41) is 0. The van der Waals surface area contributed by atoms with Crippen molar-refractivity contribution in [3.05, 3.63) is 33.1 Å². The molecule has 2 heterocycles. The number of hydrogen-bond donors (Lipinski definition) is 0. The van der Waals surface area contributed by atoms with Crippen molar-refractivity contribution in [1.29, 1.82) is 0 Å². The number of carbonyl (C=O) groups excluding carboxylic acids is 1. The lowest BCUT2D eigenvalue weighted by Gasteiger charge is -2.20. The summed E-state index contributed by atoms with van der Waals surface area (Å²) in [5.41, 5.74) is -1.02. The number of carbonyl (C=O) groups is 1. The molecule has 0 amide bonds. The van der Waals surface area contributed by atoms with Crippen LogP contribution < -0.4 is 11.2 Å². The van der Waals surface area contributed by atoms with Crippen molar-refractivity contribution in [2.75, 3.05) is 20.6 Å². The highest BCUT2D eigenvalue weighted by atomic mass is 16.5. The Balaban J connectivity index is 0.00000352. The van der Waals surface area contributed by atoms with Crippen LogP contribution in [-0.4, -0.2) is 52.9 Å². The second-order valence-corrected chi connectivity index (χ2v) is 10.5. The second-order valence-electron chi connectivity index (χ2n) is 10.5. The molecular weight excluding hydrogens is 482 g/mol. The first-order chi connectivity index (χ1) is 18.3. The molecule has 0 radical (unpaired) electrons. The van der Waals surface area contributed by atoms with E-state index in [4.69, 9.17) is 9.47 Å². The van der Waals surface area contributed by atoms with E-state index < -0.39 is 23.4 Å². The first kappa shape index (κ1) is 34.1. The zero-order valence-corrected chi connectivity index (χ0v) is 25.1. The summed E-state index contributed by atoms with van der Waals surface area (Å²) in [5.74, 6) is -0.517. The van der Waals surface area contributed by atoms with Crippen molar-refractivity contribution in [3.63, 3.8) is 0 Å². The molecule has 3 atom stereocenters. The van der Waals surface area contributed by atoms with Crippen molar-refractivity contribution in [1.82, 2.24) is 14.0 Å². The van der Waals surface area contributed by atoms with Crippen molar-refractivity contribution < 1.29 is 14.3 Å². The van der Waals surface area contributed by atoms with Gasteiger partial charge in [0.2, 0.25) is 0 Å². The van der Waals surface area contributed by atoms with Gasteiger partial charge in [0, 0.05) is 18.8 Å². The predicted octanol–water partition coefficient (Wildman–Crippen LogP) is 5.91. The SMILES string of the molecule is CC.CCCCCCCCC(CCCCCC)OC(=O)Cn1c(=O)ccn(C2CCC(CN(C)C)O2)c1=O. The van der Waals surface area contributed by atoms with Gasteiger partial charge >= 0.3 is 11.7 Å². The smallest absolute Gasteiger partial charge is 0.333 e. The summed E-state index contributed by atoms with van der Waals surface area (Å²) >= 11 is 0. The van der Waals surface area contributed by atoms with Gasteiger partial charge in [0.25, 0.3) is 5.56 Å². The lowest BCUT2D eigenvalue weighted by atomic mass is 10.0. The molecule has 0 N–H and O–H groups in total. The van der Waals surface area contributed by atoms with E-state index in [9.17, 15) is 14.4 Å². The summed E-state index contributed by atoms with van der Waals surface area (Å²) in [6, 6.07) is 1.33. The van der Waals surface area contributed by atoms with Crippen LogP contribution >= 0.6 is 0 Å². The molecule has 1 aromatic heterocycles. The number of unbranched alkanes of at least 4 members (excludes halogenated alkanes) is 8. The highest BCUT2D eigenvalue weighted by Crippen LogP contribution is 2.27. The molecular formula is C30H55N3O5. The Morgan fingerprint density at radius 2 is 1.55 bits per heavy atom. The maximum Gasteiger partial charge on any atom is 0.333 e. The Hall–Kier alpha value is -1.93. The molecule has 2 rings (SSSR count). The number of aromatic nitrogens is 2. The lowest BCUT2D eigenvalue weighted by molar-refractivity contribution is -0.150. The van der Waals surface area contributed by atoms with Crippen LogP contribution in [0.4, 0.5) is 0 Å². The molecule has 0 aliphatic carbocycles. The van der Waals surface area contributed by atoms with Crippen LogP contribution in [0.1, 0.15) is 124 Å². The summed E-state index contributed by atoms with van der Waals surface area (Å²) in [6.45, 7) is 8.79. The molecule has 1 fully saturated rings. The Labute approximate surface area is 230 Å². The van der Waals surface area contributed by atoms with E-state index in [2.05, 4.69) is 18.7 Å². The van der Waals surface area contributed by atoms with Crippen LogP contribution in [0.2, 0.25) is 0 Å². The van der Waals surface area contributed by atoms with Crippen LogP contribution in [-0.2, 0) is 20.8 Å². The van der Waals surface area contributed by atoms with E-state index in [0.29, 0.717) is 6.42 Å². The normalized spacial score (nSPS) is 17.8. The largest absolute Gasteiger partial charge is 0.461 e. The Morgan fingerprint density at radius 1 is 0.974 bits per heavy atom. The van der Waals surface area contributed by atoms with Gasteiger partial charge in [-0.15, -0.1) is 0 Å². The van der Waals surface area contributed by atoms with Gasteiger partial charge in [-0.1, -0.05) is 79.1 Å². The third-order valence-corrected chi connectivity index (χ3v) is 6.90. The van der Waals surface area contributed by atoms with E-state index in [-0.39, 0.29) is 18.8 Å². The third-order valence-electron chi connectivity index (χ3n) is 6.90. The Bertz CT molecular complexity index is 879. The van der Waals surface area contributed by atoms with Gasteiger partial charge in [-0.3, -0.25) is 14.2 Å². The average molecular weight is 538 g/mol. The minimum atomic E-state index is -0.523. The topological polar surface area (TPSA) is 82.8 Å². The van der Waals surface area contributed by atoms with Crippen molar-refractivity contribution in [2.24, 2.45) is 0 Å². The summed E-state index contributed by atoms with van der Waals surface area (Å²) in [4.78, 5) is 40.5. The molecule has 38 heavy (non-hydrogen) atoms. The summed E-state index contributed by atoms with van der Waals surface area (Å²) in [7, 11) is 3.97. The number of likely N-dealkylation sites (N-methyl/N-ethyl adjacent to an activating group) is 1. The highest BCUT2D eigenvalue weighted by Gasteiger charge is 2.28. The first-order valence-corrected chi connectivity index (χ1v) is 15.2. The molecule has 1 aliphatic rings. The number of nitrogens with zero attached hydrogens (tertiary/aromatic N) is 3. The molecule has 1 aliphatic heterocycles. The maximum absolute atomic E-state index is 13.1. The Kier molecular flexibility index (Phi) is 18.0. The predicted molar refractivity (Wildman–Crippen MR) is 155 cm³/mol. The van der Waals surface area contributed by atoms with Gasteiger partial charge in [0.1, 0.15) is 18.9 Å². The van der Waals surface area contributed by atoms with Gasteiger partial charge in [-0.25, -0.2) is 9.36 Å². The van der Waals surface area contributed by atoms with Gasteiger partial charge in [0.15, 0.2) is 0 Å². The lowest BCUT2D eigenvalue weighted by Crippen LogP contribution is -2.42. The molecule has 0 saturated carbocycles. The fourth-order valence-corrected chi connectivity index (χ4v) is 4.89. The zero-order chi connectivity index (χ0) is 28.3. The zero-order valence-electron chi connectivity index (χ0n) is 25.1. The number of ether oxygens (including phenoxy) is 2. The van der Waals surface area contributed by atoms with Crippen molar-refractivity contribution in [2.45, 2.75) is 143 Å². The van der Waals surface area contributed by atoms with E-state index in [1.54, 1.807) is 0 Å². The van der Waals surface area contributed by atoms with Crippen LogP contribution in [0.5, 0.6) is 0 Å². The van der Waals surface area contributed by atoms with Gasteiger partial charge in [0.05, 0.1) is 6.10 Å². The van der Waals surface area contributed by atoms with Crippen molar-refractivity contribution >= 4 is 5.97 Å². The van der Waals surface area contributed by atoms with E-state index in [1.165, 1.54) is 48.9 Å². The third kappa shape index (κ3) is 12.7. The second kappa shape index (κ2) is 20.0. The quantitative estimate of drug-likeness (QED) is 0.171. The first-order valence-electron chi connectivity index (χ1n) is 15.2. The molecule has 0 spiro atoms. The van der Waals surface area contributed by atoms with E-state index in [0.717, 1.165) is 62.5 Å². The number of esters is 1. The molecule has 0 bridgehead atoms. The molecule has 1 saturated heterocycles. The average Bonchev–Trinajstić information content (AvgIpc) is 3.34. The fraction of sp³-hybridized carbons (Fsp3) is 0.833. The minimum absolute atomic E-state index is 0.0395. The van der Waals surface area contributed by atoms with E-state index in [1.807, 2.05) is 27.9 Å². The monoisotopic (exact) mass is 537 g/mol. The van der Waals surface area contributed by atoms with Crippen LogP contribution in [0, 0.1) is 0 Å². The Morgan fingerprint density at radius 3 is 2.16 bits per heavy atom.